The van der Waals surface area contributed by atoms with E-state index < -0.39 is 0 Å². The predicted molar refractivity (Wildman–Crippen MR) is 79.3 cm³/mol. The Balaban J connectivity index is 2.04. The van der Waals surface area contributed by atoms with E-state index >= 15 is 0 Å². The molecule has 0 aromatic carbocycles. The molecule has 0 heterocycles. The van der Waals surface area contributed by atoms with Gasteiger partial charge in [-0.05, 0) is 45.2 Å². The quantitative estimate of drug-likeness (QED) is 0.497. The Labute approximate surface area is 118 Å². The summed E-state index contributed by atoms with van der Waals surface area (Å²) in [7, 11) is 0. The van der Waals surface area contributed by atoms with Crippen LogP contribution in [0.3, 0.4) is 0 Å². The van der Waals surface area contributed by atoms with Crippen LogP contribution < -0.4 is 5.32 Å². The summed E-state index contributed by atoms with van der Waals surface area (Å²) in [4.78, 5) is 2.36. The number of aliphatic hydroxyl groups is 2. The fraction of sp³-hybridized carbons (Fsp3) is 1.00. The molecule has 0 radical (unpaired) electrons. The second kappa shape index (κ2) is 11.6. The monoisotopic (exact) mass is 272 g/mol. The summed E-state index contributed by atoms with van der Waals surface area (Å²) in [6.07, 6.45) is 9.70. The van der Waals surface area contributed by atoms with Crippen LogP contribution in [0.5, 0.6) is 0 Å². The van der Waals surface area contributed by atoms with Gasteiger partial charge in [-0.1, -0.05) is 19.3 Å². The lowest BCUT2D eigenvalue weighted by Gasteiger charge is -2.25. The van der Waals surface area contributed by atoms with Crippen LogP contribution in [0.15, 0.2) is 0 Å². The number of aliphatic hydroxyl groups excluding tert-OH is 2. The molecule has 4 heteroatoms. The average Bonchev–Trinajstić information content (AvgIpc) is 2.46. The van der Waals surface area contributed by atoms with Crippen LogP contribution in [0.2, 0.25) is 0 Å². The molecular formula is C15H32N2O2. The molecule has 1 rings (SSSR count). The Morgan fingerprint density at radius 1 is 0.842 bits per heavy atom. The highest BCUT2D eigenvalue weighted by Crippen LogP contribution is 2.17. The van der Waals surface area contributed by atoms with Crippen molar-refractivity contribution < 1.29 is 10.2 Å². The molecule has 1 fully saturated rings. The molecule has 0 amide bonds. The highest BCUT2D eigenvalue weighted by Gasteiger charge is 2.12. The third-order valence-electron chi connectivity index (χ3n) is 3.95. The molecule has 0 unspecified atom stereocenters. The SMILES string of the molecule is OCCCN(CCCO)CCCNC1CCCCC1. The number of nitrogens with zero attached hydrogens (tertiary/aromatic N) is 1. The Morgan fingerprint density at radius 2 is 1.42 bits per heavy atom. The van der Waals surface area contributed by atoms with E-state index in [0.717, 1.165) is 51.5 Å². The molecule has 0 aromatic rings. The van der Waals surface area contributed by atoms with Gasteiger partial charge in [-0.3, -0.25) is 0 Å². The number of nitrogens with one attached hydrogen (secondary N) is 1. The Bertz CT molecular complexity index is 189. The van der Waals surface area contributed by atoms with Crippen molar-refractivity contribution in [2.75, 3.05) is 39.4 Å². The number of hydrogen-bond acceptors (Lipinski definition) is 4. The maximum Gasteiger partial charge on any atom is 0.0443 e. The van der Waals surface area contributed by atoms with Crippen LogP contribution >= 0.6 is 0 Å². The Morgan fingerprint density at radius 3 is 2.00 bits per heavy atom. The first-order chi connectivity index (χ1) is 9.36. The van der Waals surface area contributed by atoms with E-state index in [1.165, 1.54) is 32.1 Å². The Hall–Kier alpha value is -0.160. The molecule has 0 aliphatic heterocycles. The molecule has 1 saturated carbocycles. The summed E-state index contributed by atoms with van der Waals surface area (Å²) in [5.74, 6) is 0. The van der Waals surface area contributed by atoms with E-state index in [-0.39, 0.29) is 13.2 Å². The summed E-state index contributed by atoms with van der Waals surface area (Å²) in [5, 5.41) is 21.5. The van der Waals surface area contributed by atoms with Gasteiger partial charge in [0.15, 0.2) is 0 Å². The predicted octanol–water partition coefficient (Wildman–Crippen LogP) is 1.37. The van der Waals surface area contributed by atoms with Crippen LogP contribution in [0.4, 0.5) is 0 Å². The summed E-state index contributed by atoms with van der Waals surface area (Å²) >= 11 is 0. The minimum atomic E-state index is 0.260. The normalized spacial score (nSPS) is 17.2. The molecule has 4 nitrogen and oxygen atoms in total. The topological polar surface area (TPSA) is 55.7 Å². The van der Waals surface area contributed by atoms with Crippen molar-refractivity contribution in [1.82, 2.24) is 10.2 Å². The lowest BCUT2D eigenvalue weighted by molar-refractivity contribution is 0.199. The standard InChI is InChI=1S/C15H32N2O2/c18-13-5-11-17(12-6-14-19)10-4-9-16-15-7-2-1-3-8-15/h15-16,18-19H,1-14H2. The van der Waals surface area contributed by atoms with E-state index in [4.69, 9.17) is 10.2 Å². The van der Waals surface area contributed by atoms with E-state index in [0.29, 0.717) is 0 Å². The first-order valence-corrected chi connectivity index (χ1v) is 8.04. The highest BCUT2D eigenvalue weighted by atomic mass is 16.3. The first-order valence-electron chi connectivity index (χ1n) is 8.04. The minimum absolute atomic E-state index is 0.260. The maximum atomic E-state index is 8.89. The zero-order chi connectivity index (χ0) is 13.8. The fourth-order valence-corrected chi connectivity index (χ4v) is 2.84. The minimum Gasteiger partial charge on any atom is -0.396 e. The molecule has 1 aliphatic rings. The molecule has 0 saturated heterocycles. The van der Waals surface area contributed by atoms with Gasteiger partial charge in [0.05, 0.1) is 0 Å². The molecular weight excluding hydrogens is 240 g/mol. The molecule has 0 spiro atoms. The van der Waals surface area contributed by atoms with Crippen LogP contribution in [0, 0.1) is 0 Å². The third kappa shape index (κ3) is 8.58. The van der Waals surface area contributed by atoms with Gasteiger partial charge in [0.1, 0.15) is 0 Å². The molecule has 0 aromatic heterocycles. The molecule has 19 heavy (non-hydrogen) atoms. The molecule has 0 atom stereocenters. The van der Waals surface area contributed by atoms with Gasteiger partial charge in [-0.2, -0.15) is 0 Å². The van der Waals surface area contributed by atoms with Crippen molar-refractivity contribution in [3.05, 3.63) is 0 Å². The molecule has 3 N–H and O–H groups in total. The number of rotatable bonds is 11. The molecule has 0 bridgehead atoms. The maximum absolute atomic E-state index is 8.89. The van der Waals surface area contributed by atoms with Crippen molar-refractivity contribution in [3.8, 4) is 0 Å². The lowest BCUT2D eigenvalue weighted by Crippen LogP contribution is -2.34. The van der Waals surface area contributed by atoms with Crippen LogP contribution in [-0.2, 0) is 0 Å². The molecule has 1 aliphatic carbocycles. The van der Waals surface area contributed by atoms with Crippen molar-refractivity contribution in [2.45, 2.75) is 57.4 Å². The Kier molecular flexibility index (Phi) is 10.4. The summed E-state index contributed by atoms with van der Waals surface area (Å²) in [5.41, 5.74) is 0. The lowest BCUT2D eigenvalue weighted by atomic mass is 9.95. The van der Waals surface area contributed by atoms with E-state index in [9.17, 15) is 0 Å². The second-order valence-corrected chi connectivity index (χ2v) is 5.64. The zero-order valence-electron chi connectivity index (χ0n) is 12.3. The van der Waals surface area contributed by atoms with Crippen molar-refractivity contribution in [2.24, 2.45) is 0 Å². The van der Waals surface area contributed by atoms with Gasteiger partial charge in [-0.15, -0.1) is 0 Å². The fourth-order valence-electron chi connectivity index (χ4n) is 2.84. The van der Waals surface area contributed by atoms with Gasteiger partial charge in [0.2, 0.25) is 0 Å². The number of hydrogen-bond donors (Lipinski definition) is 3. The van der Waals surface area contributed by atoms with Gasteiger partial charge < -0.3 is 20.4 Å². The molecule has 114 valence electrons. The van der Waals surface area contributed by atoms with Gasteiger partial charge >= 0.3 is 0 Å². The van der Waals surface area contributed by atoms with Gasteiger partial charge in [-0.25, -0.2) is 0 Å². The van der Waals surface area contributed by atoms with Crippen LogP contribution in [0.25, 0.3) is 0 Å². The van der Waals surface area contributed by atoms with E-state index in [1.54, 1.807) is 0 Å². The summed E-state index contributed by atoms with van der Waals surface area (Å²) in [6, 6.07) is 0.747. The first kappa shape index (κ1) is 16.9. The highest BCUT2D eigenvalue weighted by molar-refractivity contribution is 4.72. The van der Waals surface area contributed by atoms with Crippen molar-refractivity contribution in [1.29, 1.82) is 0 Å². The van der Waals surface area contributed by atoms with Gasteiger partial charge in [0.25, 0.3) is 0 Å². The zero-order valence-corrected chi connectivity index (χ0v) is 12.3. The summed E-state index contributed by atoms with van der Waals surface area (Å²) in [6.45, 7) is 4.57. The second-order valence-electron chi connectivity index (χ2n) is 5.64. The third-order valence-corrected chi connectivity index (χ3v) is 3.95. The van der Waals surface area contributed by atoms with Gasteiger partial charge in [0, 0.05) is 32.3 Å². The van der Waals surface area contributed by atoms with Crippen molar-refractivity contribution >= 4 is 0 Å². The smallest absolute Gasteiger partial charge is 0.0443 e. The van der Waals surface area contributed by atoms with Crippen molar-refractivity contribution in [3.63, 3.8) is 0 Å². The van der Waals surface area contributed by atoms with Crippen LogP contribution in [0.1, 0.15) is 51.4 Å². The van der Waals surface area contributed by atoms with Crippen LogP contribution in [-0.4, -0.2) is 60.5 Å². The van der Waals surface area contributed by atoms with E-state index in [2.05, 4.69) is 10.2 Å². The summed E-state index contributed by atoms with van der Waals surface area (Å²) < 4.78 is 0. The van der Waals surface area contributed by atoms with E-state index in [1.807, 2.05) is 0 Å². The largest absolute Gasteiger partial charge is 0.396 e. The average molecular weight is 272 g/mol.